The summed E-state index contributed by atoms with van der Waals surface area (Å²) in [6.07, 6.45) is 0.705. The van der Waals surface area contributed by atoms with E-state index in [1.165, 1.54) is 0 Å². The molecule has 1 aliphatic rings. The van der Waals surface area contributed by atoms with Gasteiger partial charge < -0.3 is 9.88 Å². The van der Waals surface area contributed by atoms with Gasteiger partial charge in [0.05, 0.1) is 17.2 Å². The molecular weight excluding hydrogens is 306 g/mol. The summed E-state index contributed by atoms with van der Waals surface area (Å²) in [7, 11) is -1.02. The molecule has 0 spiro atoms. The molecule has 2 aromatic rings. The van der Waals surface area contributed by atoms with Crippen molar-refractivity contribution in [2.45, 2.75) is 26.3 Å². The van der Waals surface area contributed by atoms with Crippen molar-refractivity contribution in [1.82, 2.24) is 9.55 Å². The first kappa shape index (κ1) is 14.6. The van der Waals surface area contributed by atoms with Crippen molar-refractivity contribution in [1.29, 1.82) is 0 Å². The van der Waals surface area contributed by atoms with Crippen LogP contribution < -0.4 is 5.32 Å². The summed E-state index contributed by atoms with van der Waals surface area (Å²) in [5.74, 6) is 0.548. The maximum atomic E-state index is 11.7. The predicted octanol–water partition coefficient (Wildman–Crippen LogP) is 2.63. The van der Waals surface area contributed by atoms with Crippen molar-refractivity contribution in [3.63, 3.8) is 0 Å². The molecule has 0 unspecified atom stereocenters. The van der Waals surface area contributed by atoms with Gasteiger partial charge in [-0.25, -0.2) is 13.4 Å². The zero-order valence-electron chi connectivity index (χ0n) is 12.4. The minimum absolute atomic E-state index is 0.0613. The summed E-state index contributed by atoms with van der Waals surface area (Å²) in [4.78, 5) is 4.55. The lowest BCUT2D eigenvalue weighted by Gasteiger charge is -2.16. The van der Waals surface area contributed by atoms with Gasteiger partial charge in [0.15, 0.2) is 15.0 Å². The lowest BCUT2D eigenvalue weighted by Crippen LogP contribution is -2.13. The SMILES string of the molecule is CNc1nc(-c2cc(C)n([C@H]3CCS(=O)(=O)C3)c2C)cs1. The zero-order valence-corrected chi connectivity index (χ0v) is 14.0. The highest BCUT2D eigenvalue weighted by Crippen LogP contribution is 2.34. The molecule has 2 aromatic heterocycles. The molecule has 7 heteroatoms. The van der Waals surface area contributed by atoms with Gasteiger partial charge in [0.1, 0.15) is 0 Å². The fourth-order valence-corrected chi connectivity index (χ4v) is 5.46. The monoisotopic (exact) mass is 325 g/mol. The molecule has 1 aliphatic heterocycles. The van der Waals surface area contributed by atoms with E-state index >= 15 is 0 Å². The third-order valence-corrected chi connectivity index (χ3v) is 6.66. The van der Waals surface area contributed by atoms with E-state index in [2.05, 4.69) is 20.9 Å². The normalized spacial score (nSPS) is 20.8. The van der Waals surface area contributed by atoms with Gasteiger partial charge >= 0.3 is 0 Å². The summed E-state index contributed by atoms with van der Waals surface area (Å²) in [5, 5.41) is 5.96. The Morgan fingerprint density at radius 1 is 1.43 bits per heavy atom. The third-order valence-electron chi connectivity index (χ3n) is 4.05. The van der Waals surface area contributed by atoms with Crippen LogP contribution in [0.25, 0.3) is 11.3 Å². The van der Waals surface area contributed by atoms with Crippen molar-refractivity contribution in [3.05, 3.63) is 22.8 Å². The topological polar surface area (TPSA) is 64.0 Å². The quantitative estimate of drug-likeness (QED) is 0.942. The Kier molecular flexibility index (Phi) is 3.57. The van der Waals surface area contributed by atoms with Gasteiger partial charge in [0.25, 0.3) is 0 Å². The Balaban J connectivity index is 2.01. The Labute approximate surface area is 128 Å². The molecule has 1 atom stereocenters. The van der Waals surface area contributed by atoms with Crippen LogP contribution >= 0.6 is 11.3 Å². The number of aromatic nitrogens is 2. The number of nitrogens with one attached hydrogen (secondary N) is 1. The summed E-state index contributed by atoms with van der Waals surface area (Å²) in [5.41, 5.74) is 4.24. The predicted molar refractivity (Wildman–Crippen MR) is 86.9 cm³/mol. The third kappa shape index (κ3) is 2.60. The first-order valence-corrected chi connectivity index (χ1v) is 9.64. The summed E-state index contributed by atoms with van der Waals surface area (Å²) >= 11 is 1.57. The van der Waals surface area contributed by atoms with Crippen LogP contribution in [0, 0.1) is 13.8 Å². The summed E-state index contributed by atoms with van der Waals surface area (Å²) < 4.78 is 25.6. The average Bonchev–Trinajstić information content (AvgIpc) is 3.08. The highest BCUT2D eigenvalue weighted by Gasteiger charge is 2.31. The smallest absolute Gasteiger partial charge is 0.182 e. The van der Waals surface area contributed by atoms with Gasteiger partial charge in [-0.3, -0.25) is 0 Å². The van der Waals surface area contributed by atoms with Gasteiger partial charge in [-0.15, -0.1) is 11.3 Å². The lowest BCUT2D eigenvalue weighted by atomic mass is 10.2. The van der Waals surface area contributed by atoms with E-state index in [1.807, 2.05) is 26.3 Å². The van der Waals surface area contributed by atoms with Crippen LogP contribution in [0.3, 0.4) is 0 Å². The Morgan fingerprint density at radius 3 is 2.76 bits per heavy atom. The minimum atomic E-state index is -2.88. The molecule has 21 heavy (non-hydrogen) atoms. The Morgan fingerprint density at radius 2 is 2.19 bits per heavy atom. The molecule has 3 rings (SSSR count). The number of rotatable bonds is 3. The largest absolute Gasteiger partial charge is 0.365 e. The number of anilines is 1. The van der Waals surface area contributed by atoms with Crippen molar-refractivity contribution >= 4 is 26.3 Å². The molecule has 0 saturated carbocycles. The van der Waals surface area contributed by atoms with E-state index in [0.717, 1.165) is 27.8 Å². The van der Waals surface area contributed by atoms with Gasteiger partial charge in [0.2, 0.25) is 0 Å². The molecule has 0 bridgehead atoms. The maximum Gasteiger partial charge on any atom is 0.182 e. The number of hydrogen-bond donors (Lipinski definition) is 1. The van der Waals surface area contributed by atoms with Crippen molar-refractivity contribution in [2.24, 2.45) is 0 Å². The van der Waals surface area contributed by atoms with E-state index in [1.54, 1.807) is 11.3 Å². The summed E-state index contributed by atoms with van der Waals surface area (Å²) in [6.45, 7) is 4.08. The fourth-order valence-electron chi connectivity index (χ4n) is 3.09. The molecule has 5 nitrogen and oxygen atoms in total. The Bertz CT molecular complexity index is 774. The second kappa shape index (κ2) is 5.14. The number of sulfone groups is 1. The molecule has 114 valence electrons. The van der Waals surface area contributed by atoms with Crippen LogP contribution in [0.5, 0.6) is 0 Å². The molecule has 1 saturated heterocycles. The maximum absolute atomic E-state index is 11.7. The molecule has 1 fully saturated rings. The van der Waals surface area contributed by atoms with Gasteiger partial charge in [-0.2, -0.15) is 0 Å². The van der Waals surface area contributed by atoms with Gasteiger partial charge in [-0.05, 0) is 26.3 Å². The van der Waals surface area contributed by atoms with Crippen LogP contribution in [0.15, 0.2) is 11.4 Å². The van der Waals surface area contributed by atoms with E-state index in [-0.39, 0.29) is 11.8 Å². The first-order valence-electron chi connectivity index (χ1n) is 6.94. The first-order chi connectivity index (χ1) is 9.91. The number of hydrogen-bond acceptors (Lipinski definition) is 5. The average molecular weight is 325 g/mol. The van der Waals surface area contributed by atoms with Crippen molar-refractivity contribution in [3.8, 4) is 11.3 Å². The molecule has 0 radical (unpaired) electrons. The van der Waals surface area contributed by atoms with E-state index < -0.39 is 9.84 Å². The van der Waals surface area contributed by atoms with Crippen LogP contribution in [-0.4, -0.2) is 36.5 Å². The number of thiazole rings is 1. The molecular formula is C14H19N3O2S2. The molecule has 0 aromatic carbocycles. The zero-order chi connectivity index (χ0) is 15.2. The lowest BCUT2D eigenvalue weighted by molar-refractivity contribution is 0.536. The van der Waals surface area contributed by atoms with Crippen LogP contribution in [0.4, 0.5) is 5.13 Å². The fraction of sp³-hybridized carbons (Fsp3) is 0.500. The van der Waals surface area contributed by atoms with E-state index in [4.69, 9.17) is 0 Å². The highest BCUT2D eigenvalue weighted by molar-refractivity contribution is 7.91. The number of nitrogens with zero attached hydrogens (tertiary/aromatic N) is 2. The molecule has 0 amide bonds. The van der Waals surface area contributed by atoms with Crippen molar-refractivity contribution < 1.29 is 8.42 Å². The Hall–Kier alpha value is -1.34. The summed E-state index contributed by atoms with van der Waals surface area (Å²) in [6, 6.07) is 2.17. The molecule has 0 aliphatic carbocycles. The van der Waals surface area contributed by atoms with Gasteiger partial charge in [0, 0.05) is 35.4 Å². The number of aryl methyl sites for hydroxylation is 1. The van der Waals surface area contributed by atoms with Crippen molar-refractivity contribution in [2.75, 3.05) is 23.9 Å². The molecule has 3 heterocycles. The van der Waals surface area contributed by atoms with Crippen LogP contribution in [0.1, 0.15) is 23.9 Å². The minimum Gasteiger partial charge on any atom is -0.365 e. The van der Waals surface area contributed by atoms with E-state index in [9.17, 15) is 8.42 Å². The van der Waals surface area contributed by atoms with Crippen LogP contribution in [0.2, 0.25) is 0 Å². The van der Waals surface area contributed by atoms with Gasteiger partial charge in [-0.1, -0.05) is 0 Å². The standard InChI is InChI=1S/C14H19N3O2S2/c1-9-6-12(13-7-20-14(15-3)16-13)10(2)17(9)11-4-5-21(18,19)8-11/h6-7,11H,4-5,8H2,1-3H3,(H,15,16)/t11-/m0/s1. The highest BCUT2D eigenvalue weighted by atomic mass is 32.2. The molecule has 1 N–H and O–H groups in total. The second-order valence-electron chi connectivity index (χ2n) is 5.50. The second-order valence-corrected chi connectivity index (χ2v) is 8.59. The van der Waals surface area contributed by atoms with Crippen LogP contribution in [-0.2, 0) is 9.84 Å². The van der Waals surface area contributed by atoms with E-state index in [0.29, 0.717) is 12.2 Å².